The molecule has 0 fully saturated rings. The lowest BCUT2D eigenvalue weighted by molar-refractivity contribution is -1.62. The van der Waals surface area contributed by atoms with E-state index in [9.17, 15) is 19.4 Å². The number of non-ortho nitro benzene ring substituents is 1. The van der Waals surface area contributed by atoms with Crippen molar-refractivity contribution >= 4 is 5.69 Å². The molecule has 0 unspecified atom stereocenters. The highest BCUT2D eigenvalue weighted by Crippen LogP contribution is 2.17. The van der Waals surface area contributed by atoms with E-state index >= 15 is 0 Å². The normalized spacial score (nSPS) is 10.1. The van der Waals surface area contributed by atoms with Crippen molar-refractivity contribution in [1.29, 1.82) is 0 Å². The molecule has 7 heteroatoms. The summed E-state index contributed by atoms with van der Waals surface area (Å²) in [6.07, 6.45) is 0. The first-order valence-electron chi connectivity index (χ1n) is 3.08. The molecule has 0 spiro atoms. The van der Waals surface area contributed by atoms with Gasteiger partial charge in [-0.2, -0.15) is 0 Å². The van der Waals surface area contributed by atoms with Gasteiger partial charge in [0.25, 0.3) is 5.69 Å². The van der Waals surface area contributed by atoms with Crippen molar-refractivity contribution in [3.63, 3.8) is 0 Å². The molecular weight excluding hydrogens is 202 g/mol. The van der Waals surface area contributed by atoms with Crippen LogP contribution in [0.4, 0.5) is 5.69 Å². The lowest BCUT2D eigenvalue weighted by Crippen LogP contribution is -2.36. The largest absolute Gasteiger partial charge is 0.349 e. The van der Waals surface area contributed by atoms with Crippen molar-refractivity contribution in [2.24, 2.45) is 0 Å². The summed E-state index contributed by atoms with van der Waals surface area (Å²) in [5, 5.41) is 10.2. The Balaban J connectivity index is 2.75. The molecule has 13 heavy (non-hydrogen) atoms. The molecule has 70 valence electrons. The van der Waals surface area contributed by atoms with Crippen LogP contribution >= 0.6 is 0 Å². The Hall–Kier alpha value is -1.37. The van der Waals surface area contributed by atoms with Crippen LogP contribution in [0.25, 0.3) is 0 Å². The van der Waals surface area contributed by atoms with E-state index in [-0.39, 0.29) is 11.4 Å². The van der Waals surface area contributed by atoms with Gasteiger partial charge in [0.2, 0.25) is 5.75 Å². The molecule has 0 aliphatic heterocycles. The molecule has 0 atom stereocenters. The second-order valence-corrected chi connectivity index (χ2v) is 2.55. The average molecular weight is 206 g/mol. The van der Waals surface area contributed by atoms with Gasteiger partial charge in [0.15, 0.2) is 0 Å². The third-order valence-electron chi connectivity index (χ3n) is 1.20. The fraction of sp³-hybridized carbons (Fsp3) is 0. The Morgan fingerprint density at radius 3 is 2.15 bits per heavy atom. The van der Waals surface area contributed by atoms with Crippen LogP contribution in [-0.4, -0.2) is 4.92 Å². The Bertz CT molecular complexity index is 298. The first-order chi connectivity index (χ1) is 6.09. The molecule has 0 aliphatic rings. The molecule has 1 aromatic carbocycles. The number of nitrogens with zero attached hydrogens (tertiary/aromatic N) is 1. The lowest BCUT2D eigenvalue weighted by atomic mass is 10.3. The quantitative estimate of drug-likeness (QED) is 0.468. The highest BCUT2D eigenvalue weighted by Gasteiger charge is 2.11. The fourth-order valence-corrected chi connectivity index (χ4v) is 0.940. The zero-order valence-corrected chi connectivity index (χ0v) is 6.93. The van der Waals surface area contributed by atoms with Crippen molar-refractivity contribution in [3.8, 4) is 5.75 Å². The number of benzene rings is 1. The number of rotatable bonds is 3. The van der Waals surface area contributed by atoms with Gasteiger partial charge in [-0.15, -0.1) is 4.29 Å². The molecule has 1 aromatic rings. The maximum Gasteiger partial charge on any atom is 0.349 e. The van der Waals surface area contributed by atoms with Gasteiger partial charge in [0, 0.05) is 12.1 Å². The summed E-state index contributed by atoms with van der Waals surface area (Å²) in [6, 6.07) is 4.68. The number of hydrogen-bond acceptors (Lipinski definition) is 5. The standard InChI is InChI=1S/C6H4ClNO5/c9-7(10)13-6-3-1-5(2-4-6)8(11)12/h1-4H. The summed E-state index contributed by atoms with van der Waals surface area (Å²) in [6.45, 7) is 0. The number of nitro groups is 1. The lowest BCUT2D eigenvalue weighted by Gasteiger charge is -1.94. The molecule has 0 N–H and O–H groups in total. The van der Waals surface area contributed by atoms with Gasteiger partial charge >= 0.3 is 10.8 Å². The van der Waals surface area contributed by atoms with Gasteiger partial charge in [-0.25, -0.2) is 0 Å². The third-order valence-corrected chi connectivity index (χ3v) is 1.50. The van der Waals surface area contributed by atoms with Crippen LogP contribution in [0.2, 0.25) is 0 Å². The van der Waals surface area contributed by atoms with Gasteiger partial charge in [0.05, 0.1) is 4.92 Å². The van der Waals surface area contributed by atoms with E-state index in [1.807, 2.05) is 0 Å². The predicted octanol–water partition coefficient (Wildman–Crippen LogP) is -0.940. The Kier molecular flexibility index (Phi) is 3.02. The zero-order valence-electron chi connectivity index (χ0n) is 6.18. The molecule has 1 rings (SSSR count). The molecule has 0 radical (unpaired) electrons. The molecule has 0 amide bonds. The maximum absolute atomic E-state index is 10.2. The van der Waals surface area contributed by atoms with E-state index in [0.29, 0.717) is 0 Å². The Labute approximate surface area is 75.9 Å². The summed E-state index contributed by atoms with van der Waals surface area (Å²) < 4.78 is 24.2. The molecule has 0 bridgehead atoms. The first kappa shape index (κ1) is 9.72. The van der Waals surface area contributed by atoms with Gasteiger partial charge < -0.3 is 9.32 Å². The number of nitro benzene ring substituents is 1. The van der Waals surface area contributed by atoms with E-state index in [4.69, 9.17) is 0 Å². The minimum absolute atomic E-state index is 0.0242. The van der Waals surface area contributed by atoms with Crippen LogP contribution in [-0.2, 0) is 0 Å². The minimum Gasteiger partial charge on any atom is -0.307 e. The van der Waals surface area contributed by atoms with E-state index in [0.717, 1.165) is 12.1 Å². The fourth-order valence-electron chi connectivity index (χ4n) is 0.692. The number of halogens is 1. The van der Waals surface area contributed by atoms with E-state index < -0.39 is 15.7 Å². The third kappa shape index (κ3) is 2.86. The van der Waals surface area contributed by atoms with E-state index in [1.54, 1.807) is 0 Å². The smallest absolute Gasteiger partial charge is 0.307 e. The van der Waals surface area contributed by atoms with Crippen LogP contribution in [0.15, 0.2) is 24.3 Å². The Morgan fingerprint density at radius 2 is 1.77 bits per heavy atom. The molecule has 0 saturated heterocycles. The zero-order chi connectivity index (χ0) is 9.84. The Morgan fingerprint density at radius 1 is 1.23 bits per heavy atom. The second kappa shape index (κ2) is 4.04. The van der Waals surface area contributed by atoms with Gasteiger partial charge in [-0.3, -0.25) is 10.1 Å². The van der Waals surface area contributed by atoms with Crippen molar-refractivity contribution in [2.45, 2.75) is 0 Å². The molecule has 0 aliphatic carbocycles. The summed E-state index contributed by atoms with van der Waals surface area (Å²) in [7, 11) is -2.34. The first-order valence-corrected chi connectivity index (χ1v) is 4.00. The summed E-state index contributed by atoms with van der Waals surface area (Å²) in [4.78, 5) is 9.59. The molecule has 0 heterocycles. The minimum atomic E-state index is -2.34. The van der Waals surface area contributed by atoms with Crippen molar-refractivity contribution < 1.29 is 29.3 Å². The SMILES string of the molecule is O=[N+]([O-])c1ccc(O[Cl+2]([O-])[O-])cc1. The molecular formula is C6H4ClNO5. The highest BCUT2D eigenvalue weighted by atomic mass is 35.6. The highest BCUT2D eigenvalue weighted by molar-refractivity contribution is 5.35. The van der Waals surface area contributed by atoms with E-state index in [2.05, 4.69) is 4.29 Å². The van der Waals surface area contributed by atoms with Crippen LogP contribution in [0.1, 0.15) is 0 Å². The van der Waals surface area contributed by atoms with Crippen molar-refractivity contribution in [3.05, 3.63) is 34.4 Å². The second-order valence-electron chi connectivity index (χ2n) is 2.02. The van der Waals surface area contributed by atoms with Crippen molar-refractivity contribution in [2.75, 3.05) is 0 Å². The molecule has 0 saturated carbocycles. The van der Waals surface area contributed by atoms with Gasteiger partial charge in [0.1, 0.15) is 0 Å². The van der Waals surface area contributed by atoms with Crippen LogP contribution < -0.4 is 13.6 Å². The van der Waals surface area contributed by atoms with E-state index in [1.165, 1.54) is 12.1 Å². The molecule has 6 nitrogen and oxygen atoms in total. The summed E-state index contributed by atoms with van der Waals surface area (Å²) in [5.74, 6) is 0.0242. The van der Waals surface area contributed by atoms with Gasteiger partial charge in [-0.05, 0) is 12.1 Å². The molecule has 0 aromatic heterocycles. The van der Waals surface area contributed by atoms with Gasteiger partial charge in [-0.1, -0.05) is 0 Å². The van der Waals surface area contributed by atoms with Crippen LogP contribution in [0.3, 0.4) is 0 Å². The van der Waals surface area contributed by atoms with Crippen molar-refractivity contribution in [1.82, 2.24) is 0 Å². The predicted molar refractivity (Wildman–Crippen MR) is 33.7 cm³/mol. The number of hydrogen-bond donors (Lipinski definition) is 0. The maximum atomic E-state index is 10.2. The average Bonchev–Trinajstić information content (AvgIpc) is 2.04. The summed E-state index contributed by atoms with van der Waals surface area (Å²) >= 11 is 0. The van der Waals surface area contributed by atoms with Crippen LogP contribution in [0.5, 0.6) is 5.75 Å². The summed E-state index contributed by atoms with van der Waals surface area (Å²) in [5.41, 5.74) is -0.125. The monoisotopic (exact) mass is 205 g/mol. The topological polar surface area (TPSA) is 98.5 Å². The van der Waals surface area contributed by atoms with Crippen LogP contribution in [0, 0.1) is 20.9 Å².